The van der Waals surface area contributed by atoms with Crippen molar-refractivity contribution in [3.8, 4) is 0 Å². The highest BCUT2D eigenvalue weighted by atomic mass is 79.9. The standard InChI is InChI=1S/C18H14Br2/c19-15-8-3-5-13(11-15)12-18(20)17-10-4-7-14-6-1-2-9-16(14)17/h1-11,18H,12H2. The number of hydrogen-bond acceptors (Lipinski definition) is 0. The maximum atomic E-state index is 3.85. The molecule has 0 fully saturated rings. The molecule has 3 aromatic rings. The van der Waals surface area contributed by atoms with Crippen LogP contribution < -0.4 is 0 Å². The van der Waals surface area contributed by atoms with Crippen molar-refractivity contribution < 1.29 is 0 Å². The van der Waals surface area contributed by atoms with Crippen LogP contribution in [-0.2, 0) is 6.42 Å². The van der Waals surface area contributed by atoms with Crippen LogP contribution in [0.3, 0.4) is 0 Å². The molecule has 2 heteroatoms. The molecule has 3 aromatic carbocycles. The van der Waals surface area contributed by atoms with E-state index >= 15 is 0 Å². The van der Waals surface area contributed by atoms with Crippen LogP contribution in [0.1, 0.15) is 16.0 Å². The normalized spacial score (nSPS) is 12.5. The lowest BCUT2D eigenvalue weighted by Crippen LogP contribution is -1.96. The molecule has 1 unspecified atom stereocenters. The summed E-state index contributed by atoms with van der Waals surface area (Å²) >= 11 is 7.39. The highest BCUT2D eigenvalue weighted by molar-refractivity contribution is 9.10. The summed E-state index contributed by atoms with van der Waals surface area (Å²) in [6.07, 6.45) is 0.980. The predicted octanol–water partition coefficient (Wildman–Crippen LogP) is 6.28. The zero-order chi connectivity index (χ0) is 13.9. The number of alkyl halides is 1. The van der Waals surface area contributed by atoms with Gasteiger partial charge in [-0.05, 0) is 40.5 Å². The number of fused-ring (bicyclic) bond motifs is 1. The molecular formula is C18H14Br2. The van der Waals surface area contributed by atoms with Crippen LogP contribution in [0.2, 0.25) is 0 Å². The van der Waals surface area contributed by atoms with E-state index in [4.69, 9.17) is 0 Å². The monoisotopic (exact) mass is 388 g/mol. The lowest BCUT2D eigenvalue weighted by atomic mass is 9.98. The van der Waals surface area contributed by atoms with Crippen LogP contribution in [-0.4, -0.2) is 0 Å². The lowest BCUT2D eigenvalue weighted by molar-refractivity contribution is 0.957. The van der Waals surface area contributed by atoms with Crippen molar-refractivity contribution in [3.05, 3.63) is 82.3 Å². The van der Waals surface area contributed by atoms with Crippen molar-refractivity contribution in [2.75, 3.05) is 0 Å². The van der Waals surface area contributed by atoms with Crippen LogP contribution in [0.15, 0.2) is 71.2 Å². The summed E-state index contributed by atoms with van der Waals surface area (Å²) in [6, 6.07) is 23.5. The molecule has 0 aliphatic heterocycles. The Balaban J connectivity index is 1.94. The summed E-state index contributed by atoms with van der Waals surface area (Å²) in [5.41, 5.74) is 2.68. The molecule has 0 N–H and O–H groups in total. The van der Waals surface area contributed by atoms with Gasteiger partial charge in [-0.25, -0.2) is 0 Å². The van der Waals surface area contributed by atoms with E-state index in [9.17, 15) is 0 Å². The Morgan fingerprint density at radius 3 is 2.45 bits per heavy atom. The van der Waals surface area contributed by atoms with Gasteiger partial charge in [0.2, 0.25) is 0 Å². The number of halogens is 2. The fraction of sp³-hybridized carbons (Fsp3) is 0.111. The molecule has 100 valence electrons. The molecule has 3 rings (SSSR count). The summed E-state index contributed by atoms with van der Waals surface area (Å²) in [6.45, 7) is 0. The Hall–Kier alpha value is -1.12. The van der Waals surface area contributed by atoms with Crippen LogP contribution in [0.5, 0.6) is 0 Å². The smallest absolute Gasteiger partial charge is 0.0441 e. The van der Waals surface area contributed by atoms with Gasteiger partial charge in [-0.3, -0.25) is 0 Å². The van der Waals surface area contributed by atoms with Crippen molar-refractivity contribution in [3.63, 3.8) is 0 Å². The maximum Gasteiger partial charge on any atom is 0.0441 e. The quantitative estimate of drug-likeness (QED) is 0.462. The van der Waals surface area contributed by atoms with Gasteiger partial charge < -0.3 is 0 Å². The van der Waals surface area contributed by atoms with E-state index in [1.165, 1.54) is 21.9 Å². The molecule has 0 bridgehead atoms. The highest BCUT2D eigenvalue weighted by Gasteiger charge is 2.11. The van der Waals surface area contributed by atoms with E-state index in [-0.39, 0.29) is 0 Å². The first-order valence-electron chi connectivity index (χ1n) is 6.60. The SMILES string of the molecule is Brc1cccc(CC(Br)c2cccc3ccccc23)c1. The summed E-state index contributed by atoms with van der Waals surface area (Å²) < 4.78 is 1.13. The zero-order valence-electron chi connectivity index (χ0n) is 10.9. The van der Waals surface area contributed by atoms with E-state index in [0.29, 0.717) is 4.83 Å². The Labute approximate surface area is 136 Å². The molecule has 0 spiro atoms. The van der Waals surface area contributed by atoms with Crippen molar-refractivity contribution >= 4 is 42.6 Å². The molecule has 0 aromatic heterocycles. The molecule has 20 heavy (non-hydrogen) atoms. The first-order chi connectivity index (χ1) is 9.74. The molecular weight excluding hydrogens is 376 g/mol. The molecule has 0 nitrogen and oxygen atoms in total. The van der Waals surface area contributed by atoms with Gasteiger partial charge >= 0.3 is 0 Å². The van der Waals surface area contributed by atoms with Crippen molar-refractivity contribution in [2.24, 2.45) is 0 Å². The third-order valence-electron chi connectivity index (χ3n) is 3.46. The Morgan fingerprint density at radius 2 is 1.60 bits per heavy atom. The first-order valence-corrected chi connectivity index (χ1v) is 8.31. The van der Waals surface area contributed by atoms with E-state index in [2.05, 4.69) is 98.6 Å². The second-order valence-electron chi connectivity index (χ2n) is 4.87. The topological polar surface area (TPSA) is 0 Å². The minimum Gasteiger partial charge on any atom is -0.0835 e. The Bertz CT molecular complexity index is 729. The minimum absolute atomic E-state index is 0.322. The van der Waals surface area contributed by atoms with E-state index in [0.717, 1.165) is 10.9 Å². The van der Waals surface area contributed by atoms with Gasteiger partial charge in [-0.15, -0.1) is 0 Å². The fourth-order valence-electron chi connectivity index (χ4n) is 2.50. The first kappa shape index (κ1) is 13.8. The van der Waals surface area contributed by atoms with Gasteiger partial charge in [-0.1, -0.05) is 86.5 Å². The molecule has 1 atom stereocenters. The second kappa shape index (κ2) is 6.11. The second-order valence-corrected chi connectivity index (χ2v) is 6.89. The predicted molar refractivity (Wildman–Crippen MR) is 93.5 cm³/mol. The van der Waals surface area contributed by atoms with Gasteiger partial charge in [0.05, 0.1) is 0 Å². The van der Waals surface area contributed by atoms with Gasteiger partial charge in [0.1, 0.15) is 0 Å². The summed E-state index contributed by atoms with van der Waals surface area (Å²) in [7, 11) is 0. The molecule has 0 amide bonds. The largest absolute Gasteiger partial charge is 0.0835 e. The van der Waals surface area contributed by atoms with Crippen molar-refractivity contribution in [1.82, 2.24) is 0 Å². The average Bonchev–Trinajstić information content (AvgIpc) is 2.46. The van der Waals surface area contributed by atoms with Gasteiger partial charge in [0.15, 0.2) is 0 Å². The molecule has 0 aliphatic rings. The summed E-state index contributed by atoms with van der Waals surface area (Å²) in [5, 5.41) is 2.62. The van der Waals surface area contributed by atoms with Gasteiger partial charge in [0, 0.05) is 9.30 Å². The van der Waals surface area contributed by atoms with E-state index in [1.54, 1.807) is 0 Å². The van der Waals surface area contributed by atoms with Crippen LogP contribution in [0.25, 0.3) is 10.8 Å². The van der Waals surface area contributed by atoms with Gasteiger partial charge in [-0.2, -0.15) is 0 Å². The molecule has 0 heterocycles. The Kier molecular flexibility index (Phi) is 4.23. The summed E-state index contributed by atoms with van der Waals surface area (Å²) in [4.78, 5) is 0.322. The minimum atomic E-state index is 0.322. The third-order valence-corrected chi connectivity index (χ3v) is 4.78. The number of rotatable bonds is 3. The molecule has 0 radical (unpaired) electrons. The highest BCUT2D eigenvalue weighted by Crippen LogP contribution is 2.32. The number of hydrogen-bond donors (Lipinski definition) is 0. The summed E-state index contributed by atoms with van der Waals surface area (Å²) in [5.74, 6) is 0. The maximum absolute atomic E-state index is 3.85. The lowest BCUT2D eigenvalue weighted by Gasteiger charge is -2.13. The van der Waals surface area contributed by atoms with E-state index < -0.39 is 0 Å². The van der Waals surface area contributed by atoms with Crippen molar-refractivity contribution in [1.29, 1.82) is 0 Å². The molecule has 0 saturated heterocycles. The average molecular weight is 390 g/mol. The van der Waals surface area contributed by atoms with Crippen LogP contribution in [0.4, 0.5) is 0 Å². The van der Waals surface area contributed by atoms with E-state index in [1.807, 2.05) is 0 Å². The van der Waals surface area contributed by atoms with Crippen molar-refractivity contribution in [2.45, 2.75) is 11.2 Å². The molecule has 0 saturated carbocycles. The third kappa shape index (κ3) is 2.97. The zero-order valence-corrected chi connectivity index (χ0v) is 14.1. The van der Waals surface area contributed by atoms with Crippen LogP contribution >= 0.6 is 31.9 Å². The Morgan fingerprint density at radius 1 is 0.850 bits per heavy atom. The fourth-order valence-corrected chi connectivity index (χ4v) is 3.72. The molecule has 0 aliphatic carbocycles. The number of benzene rings is 3. The van der Waals surface area contributed by atoms with Gasteiger partial charge in [0.25, 0.3) is 0 Å². The van der Waals surface area contributed by atoms with Crippen LogP contribution in [0, 0.1) is 0 Å².